The number of hydrogen-bond donors (Lipinski definition) is 2. The molecule has 1 aliphatic heterocycles. The molecule has 1 aromatic heterocycles. The quantitative estimate of drug-likeness (QED) is 0.772. The molecule has 2 heterocycles. The van der Waals surface area contributed by atoms with Gasteiger partial charge in [0.2, 0.25) is 10.0 Å². The number of amides is 1. The number of benzene rings is 1. The van der Waals surface area contributed by atoms with E-state index in [1.54, 1.807) is 6.07 Å². The van der Waals surface area contributed by atoms with Crippen LogP contribution < -0.4 is 10.0 Å². The van der Waals surface area contributed by atoms with E-state index in [2.05, 4.69) is 10.0 Å². The lowest BCUT2D eigenvalue weighted by atomic mass is 10.3. The average Bonchev–Trinajstić information content (AvgIpc) is 3.17. The Morgan fingerprint density at radius 1 is 1.28 bits per heavy atom. The minimum absolute atomic E-state index is 0.0113. The summed E-state index contributed by atoms with van der Waals surface area (Å²) >= 11 is 1.34. The smallest absolute Gasteiger partial charge is 0.324 e. The minimum Gasteiger partial charge on any atom is -0.464 e. The van der Waals surface area contributed by atoms with Crippen LogP contribution in [0.2, 0.25) is 0 Å². The third-order valence-corrected chi connectivity index (χ3v) is 6.14. The average molecular weight is 380 g/mol. The van der Waals surface area contributed by atoms with Crippen LogP contribution >= 0.6 is 11.3 Å². The lowest BCUT2D eigenvalue weighted by Crippen LogP contribution is -2.37. The number of esters is 1. The van der Waals surface area contributed by atoms with Gasteiger partial charge in [-0.1, -0.05) is 0 Å². The fourth-order valence-electron chi connectivity index (χ4n) is 2.32. The molecule has 0 aliphatic carbocycles. The third-order valence-electron chi connectivity index (χ3n) is 3.61. The number of anilines is 1. The first-order valence-corrected chi connectivity index (χ1v) is 9.87. The molecule has 1 aliphatic rings. The molecule has 7 nitrogen and oxygen atoms in total. The van der Waals surface area contributed by atoms with Crippen molar-refractivity contribution in [2.45, 2.75) is 24.3 Å². The Labute approximate surface area is 149 Å². The second-order valence-corrected chi connectivity index (χ2v) is 8.22. The van der Waals surface area contributed by atoms with E-state index in [0.717, 1.165) is 5.56 Å². The molecular weight excluding hydrogens is 364 g/mol. The van der Waals surface area contributed by atoms with Crippen molar-refractivity contribution in [3.63, 3.8) is 0 Å². The fourth-order valence-corrected chi connectivity index (χ4v) is 4.33. The van der Waals surface area contributed by atoms with Crippen molar-refractivity contribution in [1.82, 2.24) is 4.72 Å². The summed E-state index contributed by atoms with van der Waals surface area (Å²) in [6.07, 6.45) is 0.312. The fraction of sp³-hybridized carbons (Fsp3) is 0.250. The van der Waals surface area contributed by atoms with Crippen LogP contribution in [0.15, 0.2) is 40.6 Å². The van der Waals surface area contributed by atoms with Crippen molar-refractivity contribution in [2.75, 3.05) is 11.9 Å². The Bertz CT molecular complexity index is 903. The summed E-state index contributed by atoms with van der Waals surface area (Å²) in [5.41, 5.74) is 1.49. The molecule has 1 saturated heterocycles. The number of carbonyl (C=O) groups excluding carboxylic acids is 2. The van der Waals surface area contributed by atoms with Gasteiger partial charge >= 0.3 is 5.97 Å². The number of hydrogen-bond acceptors (Lipinski definition) is 6. The molecule has 0 saturated carbocycles. The van der Waals surface area contributed by atoms with Gasteiger partial charge in [-0.2, -0.15) is 4.72 Å². The highest BCUT2D eigenvalue weighted by Crippen LogP contribution is 2.19. The van der Waals surface area contributed by atoms with E-state index < -0.39 is 22.0 Å². The number of rotatable bonds is 5. The van der Waals surface area contributed by atoms with Gasteiger partial charge in [0.1, 0.15) is 6.04 Å². The van der Waals surface area contributed by atoms with E-state index in [-0.39, 0.29) is 17.4 Å². The van der Waals surface area contributed by atoms with Gasteiger partial charge in [0, 0.05) is 12.1 Å². The largest absolute Gasteiger partial charge is 0.464 e. The van der Waals surface area contributed by atoms with Crippen LogP contribution in [-0.2, 0) is 19.6 Å². The van der Waals surface area contributed by atoms with E-state index in [1.165, 1.54) is 35.6 Å². The minimum atomic E-state index is -3.83. The normalized spacial score (nSPS) is 17.3. The Morgan fingerprint density at radius 3 is 2.56 bits per heavy atom. The van der Waals surface area contributed by atoms with E-state index in [9.17, 15) is 18.0 Å². The highest BCUT2D eigenvalue weighted by atomic mass is 32.2. The SMILES string of the molecule is Cc1csc(C(=O)Nc2ccc(S(=O)(=O)NC3CCOC3=O)cc2)c1. The molecule has 1 aromatic carbocycles. The number of sulfonamides is 1. The van der Waals surface area contributed by atoms with Crippen molar-refractivity contribution in [3.8, 4) is 0 Å². The monoisotopic (exact) mass is 380 g/mol. The lowest BCUT2D eigenvalue weighted by molar-refractivity contribution is -0.139. The summed E-state index contributed by atoms with van der Waals surface area (Å²) in [4.78, 5) is 24.1. The van der Waals surface area contributed by atoms with E-state index in [4.69, 9.17) is 4.74 Å². The van der Waals surface area contributed by atoms with Crippen LogP contribution in [0.3, 0.4) is 0 Å². The number of aryl methyl sites for hydroxylation is 1. The predicted octanol–water partition coefficient (Wildman–Crippen LogP) is 1.90. The summed E-state index contributed by atoms with van der Waals surface area (Å²) in [5.74, 6) is -0.820. The molecule has 2 N–H and O–H groups in total. The van der Waals surface area contributed by atoms with Crippen LogP contribution in [0.4, 0.5) is 5.69 Å². The number of carbonyl (C=O) groups is 2. The van der Waals surface area contributed by atoms with Gasteiger partial charge in [0.15, 0.2) is 0 Å². The van der Waals surface area contributed by atoms with Crippen LogP contribution in [0, 0.1) is 6.92 Å². The summed E-state index contributed by atoms with van der Waals surface area (Å²) < 4.78 is 31.6. The highest BCUT2D eigenvalue weighted by Gasteiger charge is 2.31. The Kier molecular flexibility index (Phi) is 4.89. The van der Waals surface area contributed by atoms with Crippen LogP contribution in [0.25, 0.3) is 0 Å². The number of ether oxygens (including phenoxy) is 1. The molecular formula is C16H16N2O5S2. The zero-order chi connectivity index (χ0) is 18.0. The van der Waals surface area contributed by atoms with Crippen molar-refractivity contribution in [2.24, 2.45) is 0 Å². The maximum absolute atomic E-state index is 12.3. The molecule has 1 amide bonds. The molecule has 3 rings (SSSR count). The maximum Gasteiger partial charge on any atom is 0.324 e. The predicted molar refractivity (Wildman–Crippen MR) is 93.1 cm³/mol. The van der Waals surface area contributed by atoms with Gasteiger partial charge < -0.3 is 10.1 Å². The number of thiophene rings is 1. The Balaban J connectivity index is 1.69. The van der Waals surface area contributed by atoms with Crippen molar-refractivity contribution in [3.05, 3.63) is 46.2 Å². The molecule has 0 bridgehead atoms. The molecule has 0 radical (unpaired) electrons. The number of nitrogens with one attached hydrogen (secondary N) is 2. The molecule has 132 valence electrons. The standard InChI is InChI=1S/C16H16N2O5S2/c1-10-8-14(24-9-10)15(19)17-11-2-4-12(5-3-11)25(21,22)18-13-6-7-23-16(13)20/h2-5,8-9,13,18H,6-7H2,1H3,(H,17,19). The van der Waals surface area contributed by atoms with Crippen molar-refractivity contribution < 1.29 is 22.7 Å². The number of cyclic esters (lactones) is 1. The van der Waals surface area contributed by atoms with Crippen molar-refractivity contribution in [1.29, 1.82) is 0 Å². The third kappa shape index (κ3) is 4.06. The van der Waals surface area contributed by atoms with Gasteiger partial charge in [-0.3, -0.25) is 9.59 Å². The van der Waals surface area contributed by atoms with Gasteiger partial charge in [-0.25, -0.2) is 8.42 Å². The second-order valence-electron chi connectivity index (χ2n) is 5.60. The molecule has 1 unspecified atom stereocenters. The zero-order valence-corrected chi connectivity index (χ0v) is 14.9. The first kappa shape index (κ1) is 17.6. The first-order valence-electron chi connectivity index (χ1n) is 7.51. The van der Waals surface area contributed by atoms with Crippen molar-refractivity contribution >= 4 is 38.9 Å². The van der Waals surface area contributed by atoms with Crippen LogP contribution in [0.5, 0.6) is 0 Å². The van der Waals surface area contributed by atoms with E-state index in [0.29, 0.717) is 17.0 Å². The van der Waals surface area contributed by atoms with Gasteiger partial charge in [-0.15, -0.1) is 11.3 Å². The zero-order valence-electron chi connectivity index (χ0n) is 13.3. The molecule has 0 spiro atoms. The lowest BCUT2D eigenvalue weighted by Gasteiger charge is -2.10. The molecule has 1 atom stereocenters. The molecule has 25 heavy (non-hydrogen) atoms. The summed E-state index contributed by atoms with van der Waals surface area (Å²) in [7, 11) is -3.83. The van der Waals surface area contributed by atoms with Gasteiger partial charge in [-0.05, 0) is 48.2 Å². The van der Waals surface area contributed by atoms with E-state index >= 15 is 0 Å². The summed E-state index contributed by atoms with van der Waals surface area (Å²) in [6, 6.07) is 6.67. The maximum atomic E-state index is 12.3. The van der Waals surface area contributed by atoms with Crippen LogP contribution in [0.1, 0.15) is 21.7 Å². The van der Waals surface area contributed by atoms with Gasteiger partial charge in [0.25, 0.3) is 5.91 Å². The highest BCUT2D eigenvalue weighted by molar-refractivity contribution is 7.89. The molecule has 2 aromatic rings. The Hall–Kier alpha value is -2.23. The Morgan fingerprint density at radius 2 is 2.00 bits per heavy atom. The van der Waals surface area contributed by atoms with E-state index in [1.807, 2.05) is 12.3 Å². The topological polar surface area (TPSA) is 102 Å². The second kappa shape index (κ2) is 6.95. The van der Waals surface area contributed by atoms with Gasteiger partial charge in [0.05, 0.1) is 16.4 Å². The molecule has 9 heteroatoms. The molecule has 1 fully saturated rings. The summed E-state index contributed by atoms with van der Waals surface area (Å²) in [6.45, 7) is 2.11. The summed E-state index contributed by atoms with van der Waals surface area (Å²) in [5, 5.41) is 4.59. The van der Waals surface area contributed by atoms with Crippen LogP contribution in [-0.4, -0.2) is 32.9 Å². The first-order chi connectivity index (χ1) is 11.8.